The predicted octanol–water partition coefficient (Wildman–Crippen LogP) is -0.536. The molecule has 4 N–H and O–H groups in total. The Hall–Kier alpha value is -3.48. The van der Waals surface area contributed by atoms with E-state index in [2.05, 4.69) is 20.0 Å². The molecule has 1 saturated heterocycles. The van der Waals surface area contributed by atoms with Crippen molar-refractivity contribution in [3.05, 3.63) is 35.4 Å². The zero-order valence-corrected chi connectivity index (χ0v) is 15.8. The monoisotopic (exact) mass is 424 g/mol. The molecule has 29 heavy (non-hydrogen) atoms. The summed E-state index contributed by atoms with van der Waals surface area (Å²) in [6.45, 7) is -0.347. The molecule has 0 bridgehead atoms. The van der Waals surface area contributed by atoms with Gasteiger partial charge in [-0.25, -0.2) is 9.59 Å². The molecule has 0 aliphatic carbocycles. The number of carbonyl (C=O) groups excluding carboxylic acids is 3. The number of nitrogens with zero attached hydrogens (tertiary/aromatic N) is 2. The summed E-state index contributed by atoms with van der Waals surface area (Å²) in [4.78, 5) is 53.3. The Morgan fingerprint density at radius 1 is 1.48 bits per heavy atom. The summed E-state index contributed by atoms with van der Waals surface area (Å²) in [5.41, 5.74) is 4.68. The number of hydrogen-bond acceptors (Lipinski definition) is 9. The Morgan fingerprint density at radius 3 is 2.83 bits per heavy atom. The van der Waals surface area contributed by atoms with Gasteiger partial charge in [0.15, 0.2) is 5.76 Å². The summed E-state index contributed by atoms with van der Waals surface area (Å²) in [5, 5.41) is 15.0. The molecule has 13 heteroatoms. The third kappa shape index (κ3) is 3.89. The van der Waals surface area contributed by atoms with Gasteiger partial charge in [-0.2, -0.15) is 0 Å². The van der Waals surface area contributed by atoms with E-state index < -0.39 is 35.3 Å². The second-order valence-electron chi connectivity index (χ2n) is 5.83. The number of hydrogen-bond donors (Lipinski definition) is 3. The highest BCUT2D eigenvalue weighted by Gasteiger charge is 2.54. The number of nitrogens with one attached hydrogen (secondary N) is 1. The van der Waals surface area contributed by atoms with Crippen LogP contribution in [0.25, 0.3) is 0 Å². The van der Waals surface area contributed by atoms with Crippen LogP contribution < -0.4 is 11.1 Å². The molecular weight excluding hydrogens is 408 g/mol. The molecule has 0 spiro atoms. The average molecular weight is 424 g/mol. The highest BCUT2D eigenvalue weighted by atomic mass is 32.2. The summed E-state index contributed by atoms with van der Waals surface area (Å²) >= 11 is 1.21. The van der Waals surface area contributed by atoms with Crippen molar-refractivity contribution in [3.63, 3.8) is 0 Å². The molecule has 3 amide bonds. The highest BCUT2D eigenvalue weighted by Crippen LogP contribution is 2.40. The Kier molecular flexibility index (Phi) is 5.77. The number of oxime groups is 1. The zero-order valence-electron chi connectivity index (χ0n) is 15.0. The standard InChI is InChI=1S/C16H16N4O8S/c1-26-19-9(8-3-2-4-27-8)12(21)18-10-13(22)20-11(15(23)24)7(5-28-16(17)25)6-29-14(10)20/h2-4,10,14H,5-6H2,1H3,(H2,17,25)(H,18,21)(H,23,24)/b19-9+/t10-,14-/m0/s1. The van der Waals surface area contributed by atoms with Crippen LogP contribution in [0.2, 0.25) is 0 Å². The quantitative estimate of drug-likeness (QED) is 0.295. The van der Waals surface area contributed by atoms with Crippen molar-refractivity contribution in [1.82, 2.24) is 10.2 Å². The molecule has 1 fully saturated rings. The summed E-state index contributed by atoms with van der Waals surface area (Å²) in [6.07, 6.45) is 0.290. The van der Waals surface area contributed by atoms with Gasteiger partial charge in [0.1, 0.15) is 30.8 Å². The number of aliphatic carboxylic acids is 1. The third-order valence-electron chi connectivity index (χ3n) is 4.08. The Bertz CT molecular complexity index is 910. The first kappa shape index (κ1) is 20.3. The molecular formula is C16H16N4O8S. The number of fused-ring (bicyclic) bond motifs is 1. The fourth-order valence-corrected chi connectivity index (χ4v) is 4.19. The molecule has 1 aromatic heterocycles. The lowest BCUT2D eigenvalue weighted by molar-refractivity contribution is -0.150. The second-order valence-corrected chi connectivity index (χ2v) is 6.93. The summed E-state index contributed by atoms with van der Waals surface area (Å²) in [5.74, 6) is -2.38. The summed E-state index contributed by atoms with van der Waals surface area (Å²) in [7, 11) is 1.25. The van der Waals surface area contributed by atoms with Crippen molar-refractivity contribution >= 4 is 41.4 Å². The maximum atomic E-state index is 12.6. The van der Waals surface area contributed by atoms with Gasteiger partial charge >= 0.3 is 12.1 Å². The molecule has 12 nitrogen and oxygen atoms in total. The summed E-state index contributed by atoms with van der Waals surface area (Å²) < 4.78 is 9.79. The number of furan rings is 1. The van der Waals surface area contributed by atoms with Crippen LogP contribution in [0.5, 0.6) is 0 Å². The van der Waals surface area contributed by atoms with E-state index in [1.54, 1.807) is 6.07 Å². The van der Waals surface area contributed by atoms with Crippen molar-refractivity contribution in [2.45, 2.75) is 11.4 Å². The largest absolute Gasteiger partial charge is 0.477 e. The molecule has 2 atom stereocenters. The van der Waals surface area contributed by atoms with Crippen LogP contribution in [-0.4, -0.2) is 70.5 Å². The molecule has 0 unspecified atom stereocenters. The van der Waals surface area contributed by atoms with Gasteiger partial charge in [-0.05, 0) is 12.1 Å². The number of amides is 3. The lowest BCUT2D eigenvalue weighted by Gasteiger charge is -2.49. The van der Waals surface area contributed by atoms with Crippen LogP contribution in [0.15, 0.2) is 39.2 Å². The molecule has 3 heterocycles. The van der Waals surface area contributed by atoms with Crippen LogP contribution in [0.4, 0.5) is 4.79 Å². The topological polar surface area (TPSA) is 174 Å². The van der Waals surface area contributed by atoms with Crippen LogP contribution >= 0.6 is 11.8 Å². The van der Waals surface area contributed by atoms with Crippen LogP contribution in [-0.2, 0) is 24.0 Å². The lowest BCUT2D eigenvalue weighted by atomic mass is 10.0. The minimum Gasteiger partial charge on any atom is -0.477 e. The first-order valence-corrected chi connectivity index (χ1v) is 9.18. The number of nitrogens with two attached hydrogens (primary N) is 1. The van der Waals surface area contributed by atoms with Gasteiger partial charge in [-0.3, -0.25) is 14.5 Å². The van der Waals surface area contributed by atoms with E-state index in [0.29, 0.717) is 0 Å². The van der Waals surface area contributed by atoms with Crippen molar-refractivity contribution in [2.75, 3.05) is 19.5 Å². The first-order valence-electron chi connectivity index (χ1n) is 8.13. The van der Waals surface area contributed by atoms with Crippen molar-refractivity contribution < 1.29 is 38.3 Å². The number of ether oxygens (including phenoxy) is 1. The highest BCUT2D eigenvalue weighted by molar-refractivity contribution is 8.00. The van der Waals surface area contributed by atoms with Gasteiger partial charge < -0.3 is 30.1 Å². The van der Waals surface area contributed by atoms with E-state index in [-0.39, 0.29) is 35.1 Å². The smallest absolute Gasteiger partial charge is 0.404 e. The SMILES string of the molecule is CO/N=C(/C(=O)N[C@H]1C(=O)N2C(C(=O)O)=C(COC(N)=O)CS[C@@H]12)c1ccco1. The van der Waals surface area contributed by atoms with Crippen LogP contribution in [0.3, 0.4) is 0 Å². The van der Waals surface area contributed by atoms with E-state index in [0.717, 1.165) is 4.90 Å². The fourth-order valence-electron chi connectivity index (χ4n) is 2.87. The van der Waals surface area contributed by atoms with Crippen molar-refractivity contribution in [2.24, 2.45) is 10.9 Å². The second kappa shape index (κ2) is 8.26. The van der Waals surface area contributed by atoms with Gasteiger partial charge in [0.25, 0.3) is 11.8 Å². The Balaban J connectivity index is 1.77. The molecule has 2 aliphatic rings. The molecule has 0 aromatic carbocycles. The number of rotatable bonds is 7. The minimum atomic E-state index is -1.35. The van der Waals surface area contributed by atoms with E-state index in [1.807, 2.05) is 0 Å². The van der Waals surface area contributed by atoms with Crippen molar-refractivity contribution in [3.8, 4) is 0 Å². The normalized spacial score (nSPS) is 21.2. The van der Waals surface area contributed by atoms with Crippen LogP contribution in [0, 0.1) is 0 Å². The van der Waals surface area contributed by atoms with E-state index in [4.69, 9.17) is 10.2 Å². The number of thioether (sulfide) groups is 1. The molecule has 1 aromatic rings. The first-order chi connectivity index (χ1) is 13.8. The fraction of sp³-hybridized carbons (Fsp3) is 0.312. The minimum absolute atomic E-state index is 0.140. The Morgan fingerprint density at radius 2 is 2.24 bits per heavy atom. The van der Waals surface area contributed by atoms with Gasteiger partial charge in [0, 0.05) is 11.3 Å². The Labute approximate surface area is 167 Å². The maximum absolute atomic E-state index is 12.6. The number of carboxylic acids is 1. The molecule has 0 saturated carbocycles. The predicted molar refractivity (Wildman–Crippen MR) is 97.5 cm³/mol. The van der Waals surface area contributed by atoms with Gasteiger partial charge in [-0.15, -0.1) is 11.8 Å². The van der Waals surface area contributed by atoms with Crippen molar-refractivity contribution in [1.29, 1.82) is 0 Å². The number of primary amides is 1. The third-order valence-corrected chi connectivity index (χ3v) is 5.42. The van der Waals surface area contributed by atoms with Gasteiger partial charge in [0.05, 0.1) is 6.26 Å². The maximum Gasteiger partial charge on any atom is 0.404 e. The van der Waals surface area contributed by atoms with Gasteiger partial charge in [0.2, 0.25) is 5.71 Å². The summed E-state index contributed by atoms with van der Waals surface area (Å²) in [6, 6.07) is 2.08. The molecule has 3 rings (SSSR count). The lowest BCUT2D eigenvalue weighted by Crippen LogP contribution is -2.71. The number of carbonyl (C=O) groups is 4. The van der Waals surface area contributed by atoms with E-state index in [9.17, 15) is 24.3 Å². The van der Waals surface area contributed by atoms with E-state index in [1.165, 1.54) is 31.2 Å². The molecule has 154 valence electrons. The zero-order chi connectivity index (χ0) is 21.1. The van der Waals surface area contributed by atoms with Gasteiger partial charge in [-0.1, -0.05) is 5.16 Å². The molecule has 2 aliphatic heterocycles. The van der Waals surface area contributed by atoms with E-state index >= 15 is 0 Å². The number of carboxylic acid groups (broad SMARTS) is 1. The number of β-lactam (4-membered cyclic amide) rings is 1. The van der Waals surface area contributed by atoms with Crippen LogP contribution in [0.1, 0.15) is 5.76 Å². The average Bonchev–Trinajstić information content (AvgIpc) is 3.21. The molecule has 0 radical (unpaired) electrons.